The van der Waals surface area contributed by atoms with Crippen molar-refractivity contribution in [2.45, 2.75) is 38.1 Å². The van der Waals surface area contributed by atoms with Gasteiger partial charge in [-0.05, 0) is 25.0 Å². The average molecular weight is 229 g/mol. The van der Waals surface area contributed by atoms with E-state index in [1.54, 1.807) is 0 Å². The zero-order chi connectivity index (χ0) is 11.7. The third-order valence-corrected chi connectivity index (χ3v) is 3.43. The largest absolute Gasteiger partial charge is 0.300 e. The molecule has 1 saturated carbocycles. The molecular weight excluding hydrogens is 214 g/mol. The predicted molar refractivity (Wildman–Crippen MR) is 64.7 cm³/mol. The number of Topliss-reactive ketones (excluding diaryl/α,β-unsaturated/α-hetero) is 1. The van der Waals surface area contributed by atoms with Gasteiger partial charge < -0.3 is 0 Å². The third kappa shape index (κ3) is 1.95. The van der Waals surface area contributed by atoms with Gasteiger partial charge in [0.15, 0.2) is 0 Å². The van der Waals surface area contributed by atoms with Gasteiger partial charge in [0, 0.05) is 12.8 Å². The second kappa shape index (κ2) is 4.28. The molecule has 1 atom stereocenters. The van der Waals surface area contributed by atoms with E-state index in [1.165, 1.54) is 0 Å². The maximum atomic E-state index is 11.7. The Morgan fingerprint density at radius 2 is 2.12 bits per heavy atom. The van der Waals surface area contributed by atoms with Gasteiger partial charge in [0.05, 0.1) is 11.6 Å². The first kappa shape index (κ1) is 10.4. The van der Waals surface area contributed by atoms with Crippen LogP contribution in [-0.2, 0) is 4.79 Å². The number of benzene rings is 1. The van der Waals surface area contributed by atoms with Crippen LogP contribution in [0.1, 0.15) is 38.1 Å². The Balaban J connectivity index is 1.99. The highest BCUT2D eigenvalue weighted by atomic mass is 16.1. The monoisotopic (exact) mass is 229 g/mol. The van der Waals surface area contributed by atoms with Gasteiger partial charge in [0.25, 0.3) is 0 Å². The summed E-state index contributed by atoms with van der Waals surface area (Å²) in [5.41, 5.74) is 1.94. The molecule has 0 aliphatic heterocycles. The molecule has 1 unspecified atom stereocenters. The van der Waals surface area contributed by atoms with E-state index in [9.17, 15) is 4.79 Å². The number of ketones is 1. The van der Waals surface area contributed by atoms with Gasteiger partial charge in [-0.3, -0.25) is 4.79 Å². The summed E-state index contributed by atoms with van der Waals surface area (Å²) in [5, 5.41) is 8.36. The average Bonchev–Trinajstić information content (AvgIpc) is 2.66. The zero-order valence-corrected chi connectivity index (χ0v) is 9.67. The molecule has 0 amide bonds. The number of fused-ring (bicyclic) bond motifs is 1. The number of carbonyl (C=O) groups is 1. The quantitative estimate of drug-likeness (QED) is 0.706. The van der Waals surface area contributed by atoms with Gasteiger partial charge >= 0.3 is 0 Å². The molecule has 0 spiro atoms. The molecule has 1 aliphatic carbocycles. The smallest absolute Gasteiger partial charge is 0.135 e. The van der Waals surface area contributed by atoms with Crippen LogP contribution in [0, 0.1) is 0 Å². The lowest BCUT2D eigenvalue weighted by Gasteiger charge is -2.13. The molecule has 4 heteroatoms. The number of hydrogen-bond donors (Lipinski definition) is 0. The highest BCUT2D eigenvalue weighted by molar-refractivity contribution is 5.79. The van der Waals surface area contributed by atoms with E-state index in [4.69, 9.17) is 0 Å². The second-order valence-electron chi connectivity index (χ2n) is 4.67. The minimum Gasteiger partial charge on any atom is -0.300 e. The molecule has 1 aromatic heterocycles. The lowest BCUT2D eigenvalue weighted by molar-refractivity contribution is -0.119. The van der Waals surface area contributed by atoms with Crippen molar-refractivity contribution in [3.63, 3.8) is 0 Å². The van der Waals surface area contributed by atoms with Crippen LogP contribution in [0.4, 0.5) is 0 Å². The van der Waals surface area contributed by atoms with Crippen LogP contribution < -0.4 is 0 Å². The predicted octanol–water partition coefficient (Wildman–Crippen LogP) is 2.51. The molecule has 1 fully saturated rings. The van der Waals surface area contributed by atoms with Crippen molar-refractivity contribution >= 4 is 16.8 Å². The number of carbonyl (C=O) groups excluding carboxylic acids is 1. The zero-order valence-electron chi connectivity index (χ0n) is 9.67. The highest BCUT2D eigenvalue weighted by Gasteiger charge is 2.21. The molecule has 17 heavy (non-hydrogen) atoms. The number of aromatic nitrogens is 3. The molecule has 0 radical (unpaired) electrons. The van der Waals surface area contributed by atoms with Crippen molar-refractivity contribution in [3.05, 3.63) is 24.3 Å². The van der Waals surface area contributed by atoms with Crippen LogP contribution in [0.25, 0.3) is 11.0 Å². The Labute approximate surface area is 99.6 Å². The van der Waals surface area contributed by atoms with E-state index in [0.717, 1.165) is 36.7 Å². The molecule has 2 aromatic rings. The van der Waals surface area contributed by atoms with E-state index in [1.807, 2.05) is 28.9 Å². The van der Waals surface area contributed by atoms with Gasteiger partial charge in [-0.25, -0.2) is 4.68 Å². The summed E-state index contributed by atoms with van der Waals surface area (Å²) >= 11 is 0. The van der Waals surface area contributed by atoms with Crippen molar-refractivity contribution < 1.29 is 4.79 Å². The van der Waals surface area contributed by atoms with Gasteiger partial charge in [-0.2, -0.15) is 0 Å². The van der Waals surface area contributed by atoms with Crippen molar-refractivity contribution in [1.82, 2.24) is 15.0 Å². The van der Waals surface area contributed by atoms with E-state index in [2.05, 4.69) is 10.3 Å². The number of nitrogens with zero attached hydrogens (tertiary/aromatic N) is 3. The summed E-state index contributed by atoms with van der Waals surface area (Å²) in [5.74, 6) is 0.354. The Morgan fingerprint density at radius 3 is 3.06 bits per heavy atom. The van der Waals surface area contributed by atoms with Crippen molar-refractivity contribution in [2.24, 2.45) is 0 Å². The lowest BCUT2D eigenvalue weighted by atomic mass is 10.1. The van der Waals surface area contributed by atoms with E-state index < -0.39 is 0 Å². The van der Waals surface area contributed by atoms with Crippen LogP contribution in [0.3, 0.4) is 0 Å². The van der Waals surface area contributed by atoms with Crippen molar-refractivity contribution in [3.8, 4) is 0 Å². The highest BCUT2D eigenvalue weighted by Crippen LogP contribution is 2.27. The van der Waals surface area contributed by atoms with Crippen molar-refractivity contribution in [2.75, 3.05) is 0 Å². The topological polar surface area (TPSA) is 47.8 Å². The summed E-state index contributed by atoms with van der Waals surface area (Å²) < 4.78 is 1.93. The second-order valence-corrected chi connectivity index (χ2v) is 4.67. The number of para-hydroxylation sites is 1. The van der Waals surface area contributed by atoms with E-state index >= 15 is 0 Å². The molecule has 1 aromatic carbocycles. The minimum atomic E-state index is 0.192. The van der Waals surface area contributed by atoms with Crippen LogP contribution >= 0.6 is 0 Å². The Bertz CT molecular complexity index is 546. The summed E-state index contributed by atoms with van der Waals surface area (Å²) in [6, 6.07) is 8.11. The van der Waals surface area contributed by atoms with Gasteiger partial charge in [0.2, 0.25) is 0 Å². The maximum Gasteiger partial charge on any atom is 0.135 e. The third-order valence-electron chi connectivity index (χ3n) is 3.43. The maximum absolute atomic E-state index is 11.7. The lowest BCUT2D eigenvalue weighted by Crippen LogP contribution is -2.13. The summed E-state index contributed by atoms with van der Waals surface area (Å²) in [6.07, 6.45) is 4.47. The Kier molecular flexibility index (Phi) is 2.63. The van der Waals surface area contributed by atoms with Crippen LogP contribution in [0.15, 0.2) is 24.3 Å². The van der Waals surface area contributed by atoms with Gasteiger partial charge in [-0.1, -0.05) is 23.8 Å². The molecule has 0 N–H and O–H groups in total. The molecule has 1 heterocycles. The van der Waals surface area contributed by atoms with Gasteiger partial charge in [0.1, 0.15) is 11.3 Å². The molecule has 0 bridgehead atoms. The number of rotatable bonds is 1. The fourth-order valence-electron chi connectivity index (χ4n) is 2.53. The SMILES string of the molecule is O=C1CCCCC(n2nnc3ccccc32)C1. The Morgan fingerprint density at radius 1 is 1.24 bits per heavy atom. The fraction of sp³-hybridized carbons (Fsp3) is 0.462. The van der Waals surface area contributed by atoms with Crippen LogP contribution in [0.5, 0.6) is 0 Å². The summed E-state index contributed by atoms with van der Waals surface area (Å²) in [6.45, 7) is 0. The standard InChI is InChI=1S/C13H15N3O/c17-11-6-2-1-5-10(9-11)16-13-8-4-3-7-12(13)14-15-16/h3-4,7-8,10H,1-2,5-6,9H2. The van der Waals surface area contributed by atoms with Crippen LogP contribution in [-0.4, -0.2) is 20.8 Å². The molecule has 4 nitrogen and oxygen atoms in total. The van der Waals surface area contributed by atoms with Crippen molar-refractivity contribution in [1.29, 1.82) is 0 Å². The Hall–Kier alpha value is -1.71. The first-order chi connectivity index (χ1) is 8.34. The van der Waals surface area contributed by atoms with Gasteiger partial charge in [-0.15, -0.1) is 5.10 Å². The molecule has 0 saturated heterocycles. The summed E-state index contributed by atoms with van der Waals surface area (Å²) in [4.78, 5) is 11.7. The molecule has 88 valence electrons. The molecular formula is C13H15N3O. The van der Waals surface area contributed by atoms with Crippen LogP contribution in [0.2, 0.25) is 0 Å². The normalized spacial score (nSPS) is 21.6. The van der Waals surface area contributed by atoms with E-state index in [-0.39, 0.29) is 6.04 Å². The molecule has 3 rings (SSSR count). The molecule has 1 aliphatic rings. The first-order valence-electron chi connectivity index (χ1n) is 6.16. The minimum absolute atomic E-state index is 0.192. The fourth-order valence-corrected chi connectivity index (χ4v) is 2.53. The van der Waals surface area contributed by atoms with E-state index in [0.29, 0.717) is 12.2 Å². The first-order valence-corrected chi connectivity index (χ1v) is 6.16. The summed E-state index contributed by atoms with van der Waals surface area (Å²) in [7, 11) is 0. The number of hydrogen-bond acceptors (Lipinski definition) is 3.